The summed E-state index contributed by atoms with van der Waals surface area (Å²) in [5, 5.41) is 8.00. The van der Waals surface area contributed by atoms with E-state index < -0.39 is 0 Å². The van der Waals surface area contributed by atoms with Gasteiger partial charge in [0.1, 0.15) is 0 Å². The summed E-state index contributed by atoms with van der Waals surface area (Å²) >= 11 is 0. The van der Waals surface area contributed by atoms with E-state index in [4.69, 9.17) is 0 Å². The summed E-state index contributed by atoms with van der Waals surface area (Å²) in [6.45, 7) is 8.80. The molecule has 1 fully saturated rings. The van der Waals surface area contributed by atoms with Crippen LogP contribution in [0.4, 0.5) is 0 Å². The van der Waals surface area contributed by atoms with E-state index in [0.29, 0.717) is 0 Å². The van der Waals surface area contributed by atoms with Gasteiger partial charge < -0.3 is 5.32 Å². The normalized spacial score (nSPS) is 26.9. The van der Waals surface area contributed by atoms with Gasteiger partial charge >= 0.3 is 0 Å². The zero-order valence-corrected chi connectivity index (χ0v) is 13.7. The number of rotatable bonds is 6. The number of nitrogens with one attached hydrogen (secondary N) is 1. The van der Waals surface area contributed by atoms with Crippen LogP contribution in [-0.2, 0) is 13.0 Å². The lowest BCUT2D eigenvalue weighted by Crippen LogP contribution is -2.33. The summed E-state index contributed by atoms with van der Waals surface area (Å²) in [5.74, 6) is 2.60. The van der Waals surface area contributed by atoms with Crippen molar-refractivity contribution in [2.24, 2.45) is 17.8 Å². The fourth-order valence-electron chi connectivity index (χ4n) is 3.88. The van der Waals surface area contributed by atoms with Crippen LogP contribution in [0.25, 0.3) is 0 Å². The lowest BCUT2D eigenvalue weighted by molar-refractivity contribution is 0.171. The Bertz CT molecular complexity index is 410. The molecule has 0 aliphatic heterocycles. The zero-order valence-electron chi connectivity index (χ0n) is 13.7. The van der Waals surface area contributed by atoms with E-state index in [2.05, 4.69) is 49.0 Å². The van der Waals surface area contributed by atoms with Crippen molar-refractivity contribution >= 4 is 0 Å². The first-order valence-electron chi connectivity index (χ1n) is 8.35. The van der Waals surface area contributed by atoms with Gasteiger partial charge in [-0.3, -0.25) is 4.68 Å². The molecule has 0 saturated heterocycles. The molecule has 3 heteroatoms. The Labute approximate surface area is 124 Å². The third-order valence-electron chi connectivity index (χ3n) is 5.05. The summed E-state index contributed by atoms with van der Waals surface area (Å²) in [5.41, 5.74) is 2.60. The van der Waals surface area contributed by atoms with E-state index in [1.54, 1.807) is 0 Å². The molecule has 0 radical (unpaired) electrons. The third kappa shape index (κ3) is 3.63. The average Bonchev–Trinajstić information content (AvgIpc) is 2.81. The van der Waals surface area contributed by atoms with Crippen molar-refractivity contribution < 1.29 is 0 Å². The Hall–Kier alpha value is -0.830. The Morgan fingerprint density at radius 2 is 2.10 bits per heavy atom. The highest BCUT2D eigenvalue weighted by Crippen LogP contribution is 2.37. The van der Waals surface area contributed by atoms with Gasteiger partial charge in [-0.2, -0.15) is 5.10 Å². The monoisotopic (exact) mass is 277 g/mol. The summed E-state index contributed by atoms with van der Waals surface area (Å²) in [6, 6.07) is 2.29. The van der Waals surface area contributed by atoms with Gasteiger partial charge in [-0.05, 0) is 70.5 Å². The van der Waals surface area contributed by atoms with Gasteiger partial charge in [0.15, 0.2) is 0 Å². The minimum Gasteiger partial charge on any atom is -0.319 e. The van der Waals surface area contributed by atoms with Crippen LogP contribution in [0.1, 0.15) is 50.9 Å². The van der Waals surface area contributed by atoms with E-state index in [0.717, 1.165) is 30.0 Å². The Balaban J connectivity index is 2.09. The number of nitrogens with zero attached hydrogens (tertiary/aromatic N) is 2. The maximum absolute atomic E-state index is 4.61. The lowest BCUT2D eigenvalue weighted by Gasteiger charge is -2.36. The molecule has 114 valence electrons. The van der Waals surface area contributed by atoms with Crippen molar-refractivity contribution in [1.29, 1.82) is 0 Å². The van der Waals surface area contributed by atoms with Gasteiger partial charge in [0.05, 0.1) is 5.69 Å². The Morgan fingerprint density at radius 1 is 1.30 bits per heavy atom. The Morgan fingerprint density at radius 3 is 2.75 bits per heavy atom. The molecular weight excluding hydrogens is 246 g/mol. The molecule has 1 saturated carbocycles. The first-order valence-corrected chi connectivity index (χ1v) is 8.35. The fraction of sp³-hybridized carbons (Fsp3) is 0.824. The lowest BCUT2D eigenvalue weighted by atomic mass is 9.71. The molecule has 0 spiro atoms. The molecule has 1 aliphatic carbocycles. The van der Waals surface area contributed by atoms with Gasteiger partial charge in [-0.1, -0.05) is 19.8 Å². The van der Waals surface area contributed by atoms with Gasteiger partial charge in [0.2, 0.25) is 0 Å². The van der Waals surface area contributed by atoms with Crippen molar-refractivity contribution in [3.63, 3.8) is 0 Å². The van der Waals surface area contributed by atoms with Crippen LogP contribution in [0.2, 0.25) is 0 Å². The van der Waals surface area contributed by atoms with E-state index in [9.17, 15) is 0 Å². The van der Waals surface area contributed by atoms with Crippen LogP contribution in [0.5, 0.6) is 0 Å². The first-order chi connectivity index (χ1) is 9.67. The van der Waals surface area contributed by atoms with Gasteiger partial charge in [0, 0.05) is 12.2 Å². The molecule has 1 aliphatic rings. The minimum atomic E-state index is 0.822. The summed E-state index contributed by atoms with van der Waals surface area (Å²) < 4.78 is 2.20. The van der Waals surface area contributed by atoms with Crippen molar-refractivity contribution in [1.82, 2.24) is 15.1 Å². The average molecular weight is 277 g/mol. The van der Waals surface area contributed by atoms with Crippen molar-refractivity contribution in [3.05, 3.63) is 17.5 Å². The van der Waals surface area contributed by atoms with Crippen LogP contribution in [0.15, 0.2) is 6.07 Å². The second-order valence-electron chi connectivity index (χ2n) is 6.46. The topological polar surface area (TPSA) is 29.9 Å². The smallest absolute Gasteiger partial charge is 0.0596 e. The third-order valence-corrected chi connectivity index (χ3v) is 5.05. The molecule has 1 aromatic heterocycles. The molecular formula is C17H31N3. The molecule has 3 nitrogen and oxygen atoms in total. The molecule has 1 heterocycles. The van der Waals surface area contributed by atoms with E-state index >= 15 is 0 Å². The first kappa shape index (κ1) is 15.6. The van der Waals surface area contributed by atoms with Crippen molar-refractivity contribution in [2.75, 3.05) is 13.6 Å². The Kier molecular flexibility index (Phi) is 5.64. The molecule has 1 aromatic rings. The predicted octanol–water partition coefficient (Wildman–Crippen LogP) is 3.42. The van der Waals surface area contributed by atoms with Crippen molar-refractivity contribution in [2.45, 2.75) is 59.4 Å². The van der Waals surface area contributed by atoms with E-state index in [1.165, 1.54) is 44.3 Å². The van der Waals surface area contributed by atoms with E-state index in [-0.39, 0.29) is 0 Å². The van der Waals surface area contributed by atoms with Crippen LogP contribution in [-0.4, -0.2) is 23.4 Å². The second-order valence-corrected chi connectivity index (χ2v) is 6.46. The molecule has 0 amide bonds. The largest absolute Gasteiger partial charge is 0.319 e. The van der Waals surface area contributed by atoms with Gasteiger partial charge in [0.25, 0.3) is 0 Å². The zero-order chi connectivity index (χ0) is 14.5. The van der Waals surface area contributed by atoms with Crippen LogP contribution < -0.4 is 5.32 Å². The maximum atomic E-state index is 4.61. The quantitative estimate of drug-likeness (QED) is 0.863. The minimum absolute atomic E-state index is 0.822. The number of aromatic nitrogens is 2. The number of aryl methyl sites for hydroxylation is 2. The molecule has 1 N–H and O–H groups in total. The predicted molar refractivity (Wildman–Crippen MR) is 84.9 cm³/mol. The van der Waals surface area contributed by atoms with Crippen LogP contribution in [0.3, 0.4) is 0 Å². The van der Waals surface area contributed by atoms with Crippen molar-refractivity contribution in [3.8, 4) is 0 Å². The molecule has 20 heavy (non-hydrogen) atoms. The molecule has 2 rings (SSSR count). The van der Waals surface area contributed by atoms with Crippen LogP contribution >= 0.6 is 0 Å². The SMILES string of the molecule is CCC1CCC(CNC)C(Cc2cc(C)nn2CC)C1. The second kappa shape index (κ2) is 7.26. The number of hydrogen-bond donors (Lipinski definition) is 1. The highest BCUT2D eigenvalue weighted by atomic mass is 15.3. The molecule has 0 aromatic carbocycles. The number of hydrogen-bond acceptors (Lipinski definition) is 2. The highest BCUT2D eigenvalue weighted by Gasteiger charge is 2.30. The van der Waals surface area contributed by atoms with Gasteiger partial charge in [-0.25, -0.2) is 0 Å². The summed E-state index contributed by atoms with van der Waals surface area (Å²) in [6.07, 6.45) is 6.76. The van der Waals surface area contributed by atoms with Gasteiger partial charge in [-0.15, -0.1) is 0 Å². The highest BCUT2D eigenvalue weighted by molar-refractivity contribution is 5.10. The standard InChI is InChI=1S/C17H31N3/c1-5-14-7-8-15(12-18-4)16(10-14)11-17-9-13(3)19-20(17)6-2/h9,14-16,18H,5-8,10-12H2,1-4H3. The molecule has 3 unspecified atom stereocenters. The van der Waals surface area contributed by atoms with E-state index in [1.807, 2.05) is 0 Å². The summed E-state index contributed by atoms with van der Waals surface area (Å²) in [4.78, 5) is 0. The molecule has 0 bridgehead atoms. The fourth-order valence-corrected chi connectivity index (χ4v) is 3.88. The molecule has 3 atom stereocenters. The van der Waals surface area contributed by atoms with Crippen LogP contribution in [0, 0.1) is 24.7 Å². The summed E-state index contributed by atoms with van der Waals surface area (Å²) in [7, 11) is 2.09. The maximum Gasteiger partial charge on any atom is 0.0596 e.